The summed E-state index contributed by atoms with van der Waals surface area (Å²) in [6.45, 7) is 6.29. The van der Waals surface area contributed by atoms with E-state index in [0.29, 0.717) is 10.0 Å². The second-order valence-electron chi connectivity index (χ2n) is 6.56. The molecule has 1 aromatic heterocycles. The first-order valence-corrected chi connectivity index (χ1v) is 10.6. The summed E-state index contributed by atoms with van der Waals surface area (Å²) < 4.78 is 32.2. The van der Waals surface area contributed by atoms with Crippen LogP contribution in [-0.4, -0.2) is 50.0 Å². The van der Waals surface area contributed by atoms with Crippen molar-refractivity contribution >= 4 is 21.8 Å². The van der Waals surface area contributed by atoms with Crippen LogP contribution in [0.5, 0.6) is 0 Å². The van der Waals surface area contributed by atoms with Crippen LogP contribution in [0.15, 0.2) is 35.2 Å². The number of hydroxylamine groups is 1. The molecule has 0 atom stereocenters. The minimum Gasteiger partial charge on any atom is -0.454 e. The van der Waals surface area contributed by atoms with Crippen molar-refractivity contribution in [1.82, 2.24) is 9.04 Å². The maximum atomic E-state index is 12.5. The van der Waals surface area contributed by atoms with Gasteiger partial charge in [0, 0.05) is 30.5 Å². The number of aromatic nitrogens is 1. The second kappa shape index (κ2) is 9.34. The summed E-state index contributed by atoms with van der Waals surface area (Å²) >= 11 is 0. The third-order valence-corrected chi connectivity index (χ3v) is 6.33. The fourth-order valence-electron chi connectivity index (χ4n) is 2.95. The number of hydrogen-bond acceptors (Lipinski definition) is 6. The van der Waals surface area contributed by atoms with Gasteiger partial charge in [-0.15, -0.1) is 0 Å². The molecule has 0 aliphatic carbocycles. The fraction of sp³-hybridized carbons (Fsp3) is 0.400. The van der Waals surface area contributed by atoms with E-state index in [9.17, 15) is 18.0 Å². The summed E-state index contributed by atoms with van der Waals surface area (Å²) in [6, 6.07) is 7.02. The van der Waals surface area contributed by atoms with Gasteiger partial charge < -0.3 is 9.30 Å². The van der Waals surface area contributed by atoms with Crippen LogP contribution in [0.3, 0.4) is 0 Å². The zero-order chi connectivity index (χ0) is 21.8. The fourth-order valence-corrected chi connectivity index (χ4v) is 3.93. The zero-order valence-corrected chi connectivity index (χ0v) is 18.1. The van der Waals surface area contributed by atoms with E-state index in [1.54, 1.807) is 6.07 Å². The molecule has 0 amide bonds. The number of ketones is 1. The topological polar surface area (TPSA) is 94.9 Å². The van der Waals surface area contributed by atoms with Gasteiger partial charge in [0.2, 0.25) is 5.78 Å². The van der Waals surface area contributed by atoms with Crippen LogP contribution in [-0.2, 0) is 26.1 Å². The van der Waals surface area contributed by atoms with Crippen LogP contribution in [0.1, 0.15) is 45.4 Å². The number of nitrogens with zero attached hydrogens (tertiary/aromatic N) is 2. The Bertz CT molecular complexity index is 993. The number of carbonyl (C=O) groups excluding carboxylic acids is 2. The van der Waals surface area contributed by atoms with Crippen LogP contribution in [0, 0.1) is 13.8 Å². The number of ether oxygens (including phenoxy) is 1. The molecule has 1 aromatic carbocycles. The SMILES string of the molecule is CCCn1c(C)cc(C(=O)COC(=O)c2ccc(S(=O)(=O)N(C)OC)cc2)c1C. The van der Waals surface area contributed by atoms with Crippen molar-refractivity contribution in [3.63, 3.8) is 0 Å². The minimum atomic E-state index is -3.80. The summed E-state index contributed by atoms with van der Waals surface area (Å²) in [6.07, 6.45) is 0.949. The Balaban J connectivity index is 2.06. The molecule has 0 saturated heterocycles. The van der Waals surface area contributed by atoms with Crippen molar-refractivity contribution in [3.8, 4) is 0 Å². The summed E-state index contributed by atoms with van der Waals surface area (Å²) in [7, 11) is -1.30. The average molecular weight is 423 g/mol. The Hall–Kier alpha value is -2.49. The Morgan fingerprint density at radius 1 is 1.14 bits per heavy atom. The lowest BCUT2D eigenvalue weighted by molar-refractivity contribution is -0.0258. The van der Waals surface area contributed by atoms with Crippen LogP contribution in [0.2, 0.25) is 0 Å². The van der Waals surface area contributed by atoms with E-state index >= 15 is 0 Å². The van der Waals surface area contributed by atoms with Crippen molar-refractivity contribution in [2.75, 3.05) is 20.8 Å². The Kier molecular flexibility index (Phi) is 7.34. The lowest BCUT2D eigenvalue weighted by Crippen LogP contribution is -2.25. The molecule has 29 heavy (non-hydrogen) atoms. The van der Waals surface area contributed by atoms with E-state index in [0.717, 1.165) is 24.4 Å². The molecular weight excluding hydrogens is 396 g/mol. The predicted molar refractivity (Wildman–Crippen MR) is 107 cm³/mol. The molecule has 0 unspecified atom stereocenters. The van der Waals surface area contributed by atoms with Gasteiger partial charge in [-0.25, -0.2) is 13.2 Å². The number of aryl methyl sites for hydroxylation is 1. The van der Waals surface area contributed by atoms with E-state index in [1.807, 2.05) is 13.8 Å². The lowest BCUT2D eigenvalue weighted by atomic mass is 10.1. The third kappa shape index (κ3) is 4.92. The predicted octanol–water partition coefficient (Wildman–Crippen LogP) is 2.74. The minimum absolute atomic E-state index is 0.0298. The van der Waals surface area contributed by atoms with Gasteiger partial charge in [-0.05, 0) is 50.6 Å². The summed E-state index contributed by atoms with van der Waals surface area (Å²) in [5, 5.41) is 0. The van der Waals surface area contributed by atoms with Crippen molar-refractivity contribution in [3.05, 3.63) is 52.8 Å². The molecule has 0 fully saturated rings. The normalized spacial score (nSPS) is 11.7. The summed E-state index contributed by atoms with van der Waals surface area (Å²) in [4.78, 5) is 29.4. The molecule has 8 nitrogen and oxygen atoms in total. The van der Waals surface area contributed by atoms with Crippen LogP contribution in [0.4, 0.5) is 0 Å². The average Bonchev–Trinajstić information content (AvgIpc) is 2.99. The highest BCUT2D eigenvalue weighted by Crippen LogP contribution is 2.18. The molecule has 1 heterocycles. The number of rotatable bonds is 9. The Morgan fingerprint density at radius 3 is 2.31 bits per heavy atom. The molecule has 0 radical (unpaired) electrons. The van der Waals surface area contributed by atoms with Gasteiger partial charge in [0.15, 0.2) is 6.61 Å². The van der Waals surface area contributed by atoms with Gasteiger partial charge in [-0.3, -0.25) is 9.63 Å². The molecule has 9 heteroatoms. The summed E-state index contributed by atoms with van der Waals surface area (Å²) in [5.74, 6) is -0.987. The third-order valence-electron chi connectivity index (χ3n) is 4.64. The highest BCUT2D eigenvalue weighted by Gasteiger charge is 2.22. The van der Waals surface area contributed by atoms with Crippen LogP contribution < -0.4 is 0 Å². The molecule has 0 bridgehead atoms. The Labute approximate surface area is 171 Å². The first-order valence-electron chi connectivity index (χ1n) is 9.13. The molecule has 0 aliphatic rings. The second-order valence-corrected chi connectivity index (χ2v) is 8.49. The van der Waals surface area contributed by atoms with E-state index in [-0.39, 0.29) is 22.8 Å². The van der Waals surface area contributed by atoms with E-state index in [4.69, 9.17) is 9.57 Å². The smallest absolute Gasteiger partial charge is 0.338 e. The van der Waals surface area contributed by atoms with Crippen molar-refractivity contribution in [1.29, 1.82) is 0 Å². The van der Waals surface area contributed by atoms with Crippen molar-refractivity contribution < 1.29 is 27.6 Å². The monoisotopic (exact) mass is 422 g/mol. The van der Waals surface area contributed by atoms with Gasteiger partial charge in [-0.1, -0.05) is 11.4 Å². The molecule has 158 valence electrons. The first kappa shape index (κ1) is 22.8. The first-order chi connectivity index (χ1) is 13.6. The molecule has 0 N–H and O–H groups in total. The molecule has 2 rings (SSSR count). The number of benzene rings is 1. The van der Waals surface area contributed by atoms with Gasteiger partial charge in [0.1, 0.15) is 0 Å². The standard InChI is InChI=1S/C20H26N2O6S/c1-6-11-22-14(2)12-18(15(22)3)19(23)13-28-20(24)16-7-9-17(10-8-16)29(25,26)21(4)27-5/h7-10,12H,6,11,13H2,1-5H3. The largest absolute Gasteiger partial charge is 0.454 e. The maximum absolute atomic E-state index is 12.5. The highest BCUT2D eigenvalue weighted by atomic mass is 32.2. The maximum Gasteiger partial charge on any atom is 0.338 e. The highest BCUT2D eigenvalue weighted by molar-refractivity contribution is 7.89. The van der Waals surface area contributed by atoms with E-state index < -0.39 is 16.0 Å². The van der Waals surface area contributed by atoms with Gasteiger partial charge in [-0.2, -0.15) is 0 Å². The van der Waals surface area contributed by atoms with Crippen LogP contribution >= 0.6 is 0 Å². The van der Waals surface area contributed by atoms with E-state index in [2.05, 4.69) is 11.5 Å². The number of esters is 1. The number of Topliss-reactive ketones (excluding diaryl/α,β-unsaturated/α-hetero) is 1. The summed E-state index contributed by atoms with van der Waals surface area (Å²) in [5.41, 5.74) is 2.51. The van der Waals surface area contributed by atoms with Gasteiger partial charge in [0.25, 0.3) is 10.0 Å². The molecule has 0 saturated carbocycles. The quantitative estimate of drug-likeness (QED) is 0.350. The molecule has 0 spiro atoms. The number of carbonyl (C=O) groups is 2. The van der Waals surface area contributed by atoms with Crippen LogP contribution in [0.25, 0.3) is 0 Å². The van der Waals surface area contributed by atoms with E-state index in [1.165, 1.54) is 38.4 Å². The zero-order valence-electron chi connectivity index (χ0n) is 17.3. The lowest BCUT2D eigenvalue weighted by Gasteiger charge is -2.14. The molecular formula is C20H26N2O6S. The van der Waals surface area contributed by atoms with Gasteiger partial charge >= 0.3 is 5.97 Å². The number of sulfonamides is 1. The number of hydrogen-bond donors (Lipinski definition) is 0. The van der Waals surface area contributed by atoms with Crippen molar-refractivity contribution in [2.24, 2.45) is 0 Å². The van der Waals surface area contributed by atoms with Crippen molar-refractivity contribution in [2.45, 2.75) is 38.6 Å². The van der Waals surface area contributed by atoms with Gasteiger partial charge in [0.05, 0.1) is 17.6 Å². The Morgan fingerprint density at radius 2 is 1.76 bits per heavy atom. The molecule has 0 aliphatic heterocycles. The molecule has 2 aromatic rings.